The quantitative estimate of drug-likeness (QED) is 0.843. The summed E-state index contributed by atoms with van der Waals surface area (Å²) in [5, 5.41) is 3.55. The van der Waals surface area contributed by atoms with Gasteiger partial charge in [0.15, 0.2) is 0 Å². The Morgan fingerprint density at radius 1 is 1.38 bits per heavy atom. The second-order valence-corrected chi connectivity index (χ2v) is 5.75. The van der Waals surface area contributed by atoms with E-state index in [4.69, 9.17) is 4.74 Å². The molecule has 1 aliphatic carbocycles. The second-order valence-electron chi connectivity index (χ2n) is 5.75. The van der Waals surface area contributed by atoms with Gasteiger partial charge in [0.05, 0.1) is 12.5 Å². The summed E-state index contributed by atoms with van der Waals surface area (Å²) in [4.78, 5) is 11.8. The zero-order chi connectivity index (χ0) is 15.2. The zero-order valence-corrected chi connectivity index (χ0v) is 12.8. The maximum Gasteiger partial charge on any atom is 0.308 e. The molecular weight excluding hydrogens is 269 g/mol. The van der Waals surface area contributed by atoms with Gasteiger partial charge in [-0.1, -0.05) is 18.6 Å². The molecule has 0 radical (unpaired) electrons. The molecule has 1 aromatic carbocycles. The Labute approximate surface area is 125 Å². The van der Waals surface area contributed by atoms with E-state index in [0.717, 1.165) is 31.2 Å². The molecule has 2 unspecified atom stereocenters. The van der Waals surface area contributed by atoms with E-state index in [9.17, 15) is 9.18 Å². The molecule has 1 fully saturated rings. The van der Waals surface area contributed by atoms with Crippen molar-refractivity contribution in [1.82, 2.24) is 5.32 Å². The second kappa shape index (κ2) is 7.55. The molecule has 1 saturated carbocycles. The molecule has 3 nitrogen and oxygen atoms in total. The molecule has 0 aromatic heterocycles. The van der Waals surface area contributed by atoms with Crippen LogP contribution in [0.5, 0.6) is 0 Å². The van der Waals surface area contributed by atoms with E-state index < -0.39 is 0 Å². The van der Waals surface area contributed by atoms with E-state index in [2.05, 4.69) is 12.2 Å². The first kappa shape index (κ1) is 16.0. The summed E-state index contributed by atoms with van der Waals surface area (Å²) in [6.45, 7) is 4.35. The Bertz CT molecular complexity index is 460. The van der Waals surface area contributed by atoms with Crippen LogP contribution in [0, 0.1) is 11.7 Å². The first-order chi connectivity index (χ1) is 10.1. The molecule has 3 atom stereocenters. The van der Waals surface area contributed by atoms with E-state index >= 15 is 0 Å². The van der Waals surface area contributed by atoms with Crippen LogP contribution in [0.15, 0.2) is 24.3 Å². The number of nitrogens with one attached hydrogen (secondary N) is 1. The lowest BCUT2D eigenvalue weighted by atomic mass is 9.85. The summed E-state index contributed by atoms with van der Waals surface area (Å²) >= 11 is 0. The number of carbonyl (C=O) groups is 1. The third-order valence-corrected chi connectivity index (χ3v) is 4.15. The molecule has 0 amide bonds. The predicted molar refractivity (Wildman–Crippen MR) is 80.3 cm³/mol. The summed E-state index contributed by atoms with van der Waals surface area (Å²) in [6, 6.07) is 7.04. The van der Waals surface area contributed by atoms with Crippen molar-refractivity contribution in [3.8, 4) is 0 Å². The van der Waals surface area contributed by atoms with Crippen LogP contribution < -0.4 is 5.32 Å². The van der Waals surface area contributed by atoms with Crippen molar-refractivity contribution in [1.29, 1.82) is 0 Å². The Morgan fingerprint density at radius 2 is 2.10 bits per heavy atom. The molecule has 116 valence electrons. The van der Waals surface area contributed by atoms with Crippen molar-refractivity contribution >= 4 is 5.97 Å². The van der Waals surface area contributed by atoms with Gasteiger partial charge in [0, 0.05) is 12.1 Å². The normalized spacial score (nSPS) is 23.6. The Balaban J connectivity index is 1.89. The summed E-state index contributed by atoms with van der Waals surface area (Å²) in [5.74, 6) is -0.277. The van der Waals surface area contributed by atoms with Gasteiger partial charge in [0.1, 0.15) is 5.82 Å². The van der Waals surface area contributed by atoms with Crippen molar-refractivity contribution in [3.63, 3.8) is 0 Å². The number of hydrogen-bond donors (Lipinski definition) is 1. The molecule has 21 heavy (non-hydrogen) atoms. The summed E-state index contributed by atoms with van der Waals surface area (Å²) in [7, 11) is 0. The van der Waals surface area contributed by atoms with Crippen molar-refractivity contribution < 1.29 is 13.9 Å². The molecule has 4 heteroatoms. The average molecular weight is 293 g/mol. The lowest BCUT2D eigenvalue weighted by Gasteiger charge is -2.31. The fraction of sp³-hybridized carbons (Fsp3) is 0.588. The number of esters is 1. The number of rotatable bonds is 5. The van der Waals surface area contributed by atoms with E-state index in [1.54, 1.807) is 12.1 Å². The van der Waals surface area contributed by atoms with Crippen molar-refractivity contribution in [3.05, 3.63) is 35.6 Å². The van der Waals surface area contributed by atoms with Gasteiger partial charge in [-0.05, 0) is 50.8 Å². The molecule has 0 aliphatic heterocycles. The molecule has 1 N–H and O–H groups in total. The van der Waals surface area contributed by atoms with Crippen LogP contribution >= 0.6 is 0 Å². The highest BCUT2D eigenvalue weighted by molar-refractivity contribution is 5.72. The molecular formula is C17H24FNO2. The van der Waals surface area contributed by atoms with Gasteiger partial charge in [-0.25, -0.2) is 4.39 Å². The van der Waals surface area contributed by atoms with Gasteiger partial charge in [-0.3, -0.25) is 4.79 Å². The molecule has 0 bridgehead atoms. The topological polar surface area (TPSA) is 38.3 Å². The highest BCUT2D eigenvalue weighted by atomic mass is 19.1. The van der Waals surface area contributed by atoms with Gasteiger partial charge in [0.25, 0.3) is 0 Å². The molecule has 0 saturated heterocycles. The molecule has 0 spiro atoms. The van der Waals surface area contributed by atoms with Crippen LogP contribution in [0.3, 0.4) is 0 Å². The summed E-state index contributed by atoms with van der Waals surface area (Å²) in [5.41, 5.74) is 1.06. The fourth-order valence-electron chi connectivity index (χ4n) is 3.02. The molecule has 0 heterocycles. The number of carbonyl (C=O) groups excluding carboxylic acids is 1. The van der Waals surface area contributed by atoms with E-state index in [1.807, 2.05) is 6.92 Å². The lowest BCUT2D eigenvalue weighted by molar-refractivity contribution is -0.149. The van der Waals surface area contributed by atoms with Gasteiger partial charge in [-0.2, -0.15) is 0 Å². The van der Waals surface area contributed by atoms with Gasteiger partial charge in [0.2, 0.25) is 0 Å². The summed E-state index contributed by atoms with van der Waals surface area (Å²) < 4.78 is 18.1. The molecule has 2 rings (SSSR count). The van der Waals surface area contributed by atoms with Crippen LogP contribution in [-0.4, -0.2) is 18.6 Å². The summed E-state index contributed by atoms with van der Waals surface area (Å²) in [6.07, 6.45) is 3.85. The Kier molecular flexibility index (Phi) is 5.74. The highest BCUT2D eigenvalue weighted by Gasteiger charge is 2.28. The van der Waals surface area contributed by atoms with E-state index in [1.165, 1.54) is 12.1 Å². The van der Waals surface area contributed by atoms with Crippen LogP contribution in [0.25, 0.3) is 0 Å². The first-order valence-electron chi connectivity index (χ1n) is 7.78. The van der Waals surface area contributed by atoms with Crippen molar-refractivity contribution in [2.75, 3.05) is 6.61 Å². The third kappa shape index (κ3) is 4.53. The van der Waals surface area contributed by atoms with Gasteiger partial charge < -0.3 is 10.1 Å². The Hall–Kier alpha value is -1.42. The smallest absolute Gasteiger partial charge is 0.308 e. The standard InChI is InChI=1S/C17H24FNO2/c1-3-21-17(20)14-5-4-6-16(11-14)19-12(2)13-7-9-15(18)10-8-13/h7-10,12,14,16,19H,3-6,11H2,1-2H3/t12-,14?,16?/m1/s1. The van der Waals surface area contributed by atoms with E-state index in [0.29, 0.717) is 12.6 Å². The number of ether oxygens (including phenoxy) is 1. The minimum atomic E-state index is -0.217. The van der Waals surface area contributed by atoms with Crippen LogP contribution in [-0.2, 0) is 9.53 Å². The van der Waals surface area contributed by atoms with Gasteiger partial charge >= 0.3 is 5.97 Å². The number of halogens is 1. The van der Waals surface area contributed by atoms with Crippen LogP contribution in [0.4, 0.5) is 4.39 Å². The predicted octanol–water partition coefficient (Wildman–Crippen LogP) is 3.60. The Morgan fingerprint density at radius 3 is 2.76 bits per heavy atom. The van der Waals surface area contributed by atoms with E-state index in [-0.39, 0.29) is 23.7 Å². The minimum Gasteiger partial charge on any atom is -0.466 e. The molecule has 1 aliphatic rings. The fourth-order valence-corrected chi connectivity index (χ4v) is 3.02. The van der Waals surface area contributed by atoms with Crippen molar-refractivity contribution in [2.24, 2.45) is 5.92 Å². The average Bonchev–Trinajstić information content (AvgIpc) is 2.48. The number of benzene rings is 1. The maximum absolute atomic E-state index is 12.9. The monoisotopic (exact) mass is 293 g/mol. The SMILES string of the molecule is CCOC(=O)C1CCCC(N[C@H](C)c2ccc(F)cc2)C1. The zero-order valence-electron chi connectivity index (χ0n) is 12.8. The largest absolute Gasteiger partial charge is 0.466 e. The maximum atomic E-state index is 12.9. The minimum absolute atomic E-state index is 0.0108. The lowest BCUT2D eigenvalue weighted by Crippen LogP contribution is -2.38. The van der Waals surface area contributed by atoms with Gasteiger partial charge in [-0.15, -0.1) is 0 Å². The van der Waals surface area contributed by atoms with Crippen LogP contribution in [0.1, 0.15) is 51.1 Å². The highest BCUT2D eigenvalue weighted by Crippen LogP contribution is 2.27. The van der Waals surface area contributed by atoms with Crippen LogP contribution in [0.2, 0.25) is 0 Å². The third-order valence-electron chi connectivity index (χ3n) is 4.15. The molecule has 1 aromatic rings. The number of hydrogen-bond acceptors (Lipinski definition) is 3. The van der Waals surface area contributed by atoms with Crippen molar-refractivity contribution in [2.45, 2.75) is 51.6 Å². The first-order valence-corrected chi connectivity index (χ1v) is 7.78.